The minimum absolute atomic E-state index is 0.00365. The molecule has 2 saturated carbocycles. The summed E-state index contributed by atoms with van der Waals surface area (Å²) in [5.74, 6) is 1.46. The van der Waals surface area contributed by atoms with Crippen molar-refractivity contribution in [3.63, 3.8) is 0 Å². The molecule has 0 bridgehead atoms. The van der Waals surface area contributed by atoms with E-state index < -0.39 is 0 Å². The first kappa shape index (κ1) is 23.7. The van der Waals surface area contributed by atoms with E-state index in [9.17, 15) is 14.3 Å². The Kier molecular flexibility index (Phi) is 6.95. The molecule has 1 aromatic carbocycles. The third-order valence-corrected chi connectivity index (χ3v) is 7.36. The predicted molar refractivity (Wildman–Crippen MR) is 132 cm³/mol. The van der Waals surface area contributed by atoms with Crippen LogP contribution >= 0.6 is 0 Å². The minimum atomic E-state index is -0.341. The molecule has 0 saturated heterocycles. The zero-order valence-electron chi connectivity index (χ0n) is 20.1. The quantitative estimate of drug-likeness (QED) is 0.482. The fraction of sp³-hybridized carbons (Fsp3) is 0.538. The van der Waals surface area contributed by atoms with E-state index in [0.29, 0.717) is 23.1 Å². The number of aromatic nitrogens is 4. The zero-order valence-corrected chi connectivity index (χ0v) is 20.1. The van der Waals surface area contributed by atoms with Crippen LogP contribution in [0.1, 0.15) is 70.2 Å². The second kappa shape index (κ2) is 10.3. The van der Waals surface area contributed by atoms with Crippen molar-refractivity contribution in [3.05, 3.63) is 42.1 Å². The summed E-state index contributed by atoms with van der Waals surface area (Å²) in [5, 5.41) is 16.0. The molecule has 2 aromatic heterocycles. The Hall–Kier alpha value is -3.07. The van der Waals surface area contributed by atoms with Crippen molar-refractivity contribution in [3.8, 4) is 0 Å². The number of halogens is 1. The van der Waals surface area contributed by atoms with Crippen molar-refractivity contribution in [1.29, 1.82) is 0 Å². The van der Waals surface area contributed by atoms with Crippen molar-refractivity contribution in [2.45, 2.75) is 82.9 Å². The lowest BCUT2D eigenvalue weighted by Gasteiger charge is -2.30. The summed E-state index contributed by atoms with van der Waals surface area (Å²) in [7, 11) is 0. The minimum Gasteiger partial charge on any atom is -0.393 e. The van der Waals surface area contributed by atoms with Crippen LogP contribution < -0.4 is 10.6 Å². The lowest BCUT2D eigenvalue weighted by atomic mass is 9.85. The molecule has 3 aromatic rings. The number of rotatable bonds is 6. The summed E-state index contributed by atoms with van der Waals surface area (Å²) in [6.07, 6.45) is 9.44. The van der Waals surface area contributed by atoms with Gasteiger partial charge in [-0.2, -0.15) is 0 Å². The average Bonchev–Trinajstić information content (AvgIpc) is 3.19. The third-order valence-electron chi connectivity index (χ3n) is 7.36. The Labute approximate surface area is 204 Å². The number of carbonyl (C=O) groups is 1. The lowest BCUT2D eigenvalue weighted by molar-refractivity contribution is -0.119. The third kappa shape index (κ3) is 5.45. The van der Waals surface area contributed by atoms with Crippen LogP contribution in [0, 0.1) is 11.7 Å². The van der Waals surface area contributed by atoms with Gasteiger partial charge in [0.2, 0.25) is 11.9 Å². The van der Waals surface area contributed by atoms with E-state index in [1.165, 1.54) is 6.07 Å². The van der Waals surface area contributed by atoms with Gasteiger partial charge >= 0.3 is 0 Å². The Morgan fingerprint density at radius 3 is 2.54 bits per heavy atom. The van der Waals surface area contributed by atoms with Crippen LogP contribution in [0.25, 0.3) is 11.2 Å². The van der Waals surface area contributed by atoms with Crippen LogP contribution in [-0.2, 0) is 11.2 Å². The molecule has 8 nitrogen and oxygen atoms in total. The molecule has 0 atom stereocenters. The number of carbonyl (C=O) groups excluding carboxylic acids is 1. The molecule has 3 N–H and O–H groups in total. The van der Waals surface area contributed by atoms with Crippen LogP contribution in [0.5, 0.6) is 0 Å². The van der Waals surface area contributed by atoms with Gasteiger partial charge in [0.05, 0.1) is 18.0 Å². The van der Waals surface area contributed by atoms with Crippen LogP contribution in [0.15, 0.2) is 30.5 Å². The van der Waals surface area contributed by atoms with E-state index in [1.807, 2.05) is 0 Å². The highest BCUT2D eigenvalue weighted by atomic mass is 19.1. The highest BCUT2D eigenvalue weighted by Gasteiger charge is 2.28. The monoisotopic (exact) mass is 480 g/mol. The largest absolute Gasteiger partial charge is 0.393 e. The first-order chi connectivity index (χ1) is 17.0. The van der Waals surface area contributed by atoms with Crippen molar-refractivity contribution >= 4 is 28.7 Å². The highest BCUT2D eigenvalue weighted by molar-refractivity contribution is 5.76. The van der Waals surface area contributed by atoms with Gasteiger partial charge in [0.25, 0.3) is 0 Å². The second-order valence-electron chi connectivity index (χ2n) is 9.99. The SMILES string of the molecule is CC(=O)NC1CCC(n2c(Nc3ccccc3F)nc3cnc(CC4CCC(O)CC4)nc32)CC1. The maximum absolute atomic E-state index is 14.4. The van der Waals surface area contributed by atoms with E-state index in [2.05, 4.69) is 20.2 Å². The molecule has 0 unspecified atom stereocenters. The van der Waals surface area contributed by atoms with Crippen molar-refractivity contribution < 1.29 is 14.3 Å². The average molecular weight is 481 g/mol. The van der Waals surface area contributed by atoms with Gasteiger partial charge in [-0.15, -0.1) is 0 Å². The molecule has 5 rings (SSSR count). The number of para-hydroxylation sites is 1. The molecule has 1 amide bonds. The van der Waals surface area contributed by atoms with Gasteiger partial charge in [-0.1, -0.05) is 12.1 Å². The van der Waals surface area contributed by atoms with Crippen molar-refractivity contribution in [2.75, 3.05) is 5.32 Å². The summed E-state index contributed by atoms with van der Waals surface area (Å²) in [6, 6.07) is 6.87. The van der Waals surface area contributed by atoms with E-state index in [-0.39, 0.29) is 29.9 Å². The fourth-order valence-electron chi connectivity index (χ4n) is 5.51. The van der Waals surface area contributed by atoms with E-state index >= 15 is 0 Å². The smallest absolute Gasteiger partial charge is 0.217 e. The molecule has 2 heterocycles. The first-order valence-corrected chi connectivity index (χ1v) is 12.7. The van der Waals surface area contributed by atoms with Gasteiger partial charge in [0.15, 0.2) is 5.65 Å². The topological polar surface area (TPSA) is 105 Å². The normalized spacial score (nSPS) is 24.9. The van der Waals surface area contributed by atoms with Gasteiger partial charge in [-0.3, -0.25) is 9.36 Å². The molecule has 9 heteroatoms. The number of aliphatic hydroxyl groups excluding tert-OH is 1. The summed E-state index contributed by atoms with van der Waals surface area (Å²) in [4.78, 5) is 25.8. The maximum Gasteiger partial charge on any atom is 0.217 e. The molecule has 2 aliphatic rings. The summed E-state index contributed by atoms with van der Waals surface area (Å²) >= 11 is 0. The van der Waals surface area contributed by atoms with E-state index in [0.717, 1.165) is 69.3 Å². The number of hydrogen-bond acceptors (Lipinski definition) is 6. The maximum atomic E-state index is 14.4. The Morgan fingerprint density at radius 2 is 1.83 bits per heavy atom. The number of aliphatic hydroxyl groups is 1. The Balaban J connectivity index is 1.45. The summed E-state index contributed by atoms with van der Waals surface area (Å²) < 4.78 is 16.5. The Bertz CT molecular complexity index is 1180. The number of benzene rings is 1. The predicted octanol–water partition coefficient (Wildman–Crippen LogP) is 4.42. The molecular weight excluding hydrogens is 447 g/mol. The summed E-state index contributed by atoms with van der Waals surface area (Å²) in [5.41, 5.74) is 1.80. The van der Waals surface area contributed by atoms with Gasteiger partial charge in [0.1, 0.15) is 17.2 Å². The van der Waals surface area contributed by atoms with Gasteiger partial charge in [-0.05, 0) is 69.4 Å². The highest BCUT2D eigenvalue weighted by Crippen LogP contribution is 2.35. The lowest BCUT2D eigenvalue weighted by Crippen LogP contribution is -2.36. The second-order valence-corrected chi connectivity index (χ2v) is 9.99. The van der Waals surface area contributed by atoms with Gasteiger partial charge in [-0.25, -0.2) is 19.3 Å². The molecule has 0 radical (unpaired) electrons. The van der Waals surface area contributed by atoms with Crippen LogP contribution in [0.2, 0.25) is 0 Å². The molecule has 0 spiro atoms. The standard InChI is InChI=1S/C26H33FN6O2/c1-16(34)29-18-8-10-19(11-9-18)33-25-23(31-26(33)30-22-5-3-2-4-21(22)27)15-28-24(32-25)14-17-6-12-20(35)13-7-17/h2-5,15,17-20,35H,6-14H2,1H3,(H,29,34)(H,30,31). The molecule has 0 aliphatic heterocycles. The molecule has 2 fully saturated rings. The van der Waals surface area contributed by atoms with Crippen molar-refractivity contribution in [1.82, 2.24) is 24.8 Å². The number of nitrogens with zero attached hydrogens (tertiary/aromatic N) is 4. The number of imidazole rings is 1. The van der Waals surface area contributed by atoms with Crippen molar-refractivity contribution in [2.24, 2.45) is 5.92 Å². The summed E-state index contributed by atoms with van der Waals surface area (Å²) in [6.45, 7) is 1.55. The van der Waals surface area contributed by atoms with Gasteiger partial charge < -0.3 is 15.7 Å². The van der Waals surface area contributed by atoms with Crippen LogP contribution in [0.3, 0.4) is 0 Å². The Morgan fingerprint density at radius 1 is 1.09 bits per heavy atom. The molecule has 35 heavy (non-hydrogen) atoms. The van der Waals surface area contributed by atoms with Crippen LogP contribution in [0.4, 0.5) is 16.0 Å². The first-order valence-electron chi connectivity index (χ1n) is 12.7. The molecule has 186 valence electrons. The number of anilines is 2. The molecule has 2 aliphatic carbocycles. The number of hydrogen-bond donors (Lipinski definition) is 3. The molecular formula is C26H33FN6O2. The zero-order chi connectivity index (χ0) is 24.4. The number of nitrogens with one attached hydrogen (secondary N) is 2. The fourth-order valence-corrected chi connectivity index (χ4v) is 5.51. The van der Waals surface area contributed by atoms with Crippen LogP contribution in [-0.4, -0.2) is 42.7 Å². The van der Waals surface area contributed by atoms with E-state index in [4.69, 9.17) is 9.97 Å². The van der Waals surface area contributed by atoms with Gasteiger partial charge in [0, 0.05) is 25.4 Å². The number of fused-ring (bicyclic) bond motifs is 1. The number of amides is 1. The van der Waals surface area contributed by atoms with E-state index in [1.54, 1.807) is 31.3 Å².